The zero-order valence-electron chi connectivity index (χ0n) is 11.6. The van der Waals surface area contributed by atoms with Gasteiger partial charge in [-0.2, -0.15) is 4.98 Å². The lowest BCUT2D eigenvalue weighted by molar-refractivity contribution is 0.219. The fourth-order valence-electron chi connectivity index (χ4n) is 2.78. The van der Waals surface area contributed by atoms with Crippen molar-refractivity contribution in [3.8, 4) is 0 Å². The smallest absolute Gasteiger partial charge is 0.246 e. The molecule has 1 heterocycles. The van der Waals surface area contributed by atoms with Gasteiger partial charge < -0.3 is 10.3 Å². The monoisotopic (exact) mass is 325 g/mol. The first-order valence-corrected chi connectivity index (χ1v) is 7.89. The number of hydrogen-bond acceptors (Lipinski definition) is 4. The van der Waals surface area contributed by atoms with E-state index in [1.165, 1.54) is 6.42 Å². The topological polar surface area (TPSA) is 64.9 Å². The van der Waals surface area contributed by atoms with Crippen LogP contribution in [-0.2, 0) is 12.0 Å². The quantitative estimate of drug-likeness (QED) is 0.923. The highest BCUT2D eigenvalue weighted by atomic mass is 35.5. The van der Waals surface area contributed by atoms with Crippen LogP contribution < -0.4 is 5.73 Å². The Labute approximate surface area is 133 Å². The third-order valence-electron chi connectivity index (χ3n) is 4.04. The van der Waals surface area contributed by atoms with Gasteiger partial charge in [-0.05, 0) is 30.5 Å². The highest BCUT2D eigenvalue weighted by molar-refractivity contribution is 6.36. The first-order chi connectivity index (χ1) is 10.1. The number of hydrogen-bond donors (Lipinski definition) is 1. The predicted octanol–water partition coefficient (Wildman–Crippen LogP) is 4.09. The van der Waals surface area contributed by atoms with E-state index in [2.05, 4.69) is 10.1 Å². The minimum absolute atomic E-state index is 0.443. The molecule has 1 aromatic heterocycles. The SMILES string of the molecule is NC1(c2nc(Cc3c(Cl)cccc3Cl)no2)CCCCC1. The van der Waals surface area contributed by atoms with Crippen LogP contribution in [0.1, 0.15) is 49.4 Å². The molecule has 1 aliphatic rings. The van der Waals surface area contributed by atoms with Crippen molar-refractivity contribution in [3.05, 3.63) is 45.5 Å². The van der Waals surface area contributed by atoms with Crippen LogP contribution >= 0.6 is 23.2 Å². The van der Waals surface area contributed by atoms with E-state index in [1.807, 2.05) is 6.07 Å². The van der Waals surface area contributed by atoms with Gasteiger partial charge in [0.1, 0.15) is 0 Å². The second-order valence-electron chi connectivity index (χ2n) is 5.61. The molecular weight excluding hydrogens is 309 g/mol. The number of nitrogens with zero attached hydrogens (tertiary/aromatic N) is 2. The molecule has 0 saturated heterocycles. The molecule has 112 valence electrons. The van der Waals surface area contributed by atoms with E-state index in [1.54, 1.807) is 12.1 Å². The Morgan fingerprint density at radius 1 is 1.14 bits per heavy atom. The standard InChI is InChI=1S/C15H17Cl2N3O/c16-11-5-4-6-12(17)10(11)9-13-19-14(21-20-13)15(18)7-2-1-3-8-15/h4-6H,1-3,7-9,18H2. The van der Waals surface area contributed by atoms with Crippen LogP contribution in [0.4, 0.5) is 0 Å². The Morgan fingerprint density at radius 2 is 1.81 bits per heavy atom. The maximum atomic E-state index is 6.40. The van der Waals surface area contributed by atoms with Crippen molar-refractivity contribution in [2.75, 3.05) is 0 Å². The Balaban J connectivity index is 1.82. The van der Waals surface area contributed by atoms with Crippen LogP contribution in [0.15, 0.2) is 22.7 Å². The maximum Gasteiger partial charge on any atom is 0.246 e. The second kappa shape index (κ2) is 5.95. The first-order valence-electron chi connectivity index (χ1n) is 7.13. The van der Waals surface area contributed by atoms with Gasteiger partial charge in [-0.15, -0.1) is 0 Å². The van der Waals surface area contributed by atoms with E-state index in [9.17, 15) is 0 Å². The summed E-state index contributed by atoms with van der Waals surface area (Å²) >= 11 is 12.3. The van der Waals surface area contributed by atoms with Gasteiger partial charge in [0.15, 0.2) is 5.82 Å². The van der Waals surface area contributed by atoms with Crippen molar-refractivity contribution < 1.29 is 4.52 Å². The molecule has 2 aromatic rings. The molecule has 3 rings (SSSR count). The fourth-order valence-corrected chi connectivity index (χ4v) is 3.31. The Kier molecular flexibility index (Phi) is 4.20. The minimum Gasteiger partial charge on any atom is -0.337 e. The second-order valence-corrected chi connectivity index (χ2v) is 6.42. The lowest BCUT2D eigenvalue weighted by Crippen LogP contribution is -2.39. The summed E-state index contributed by atoms with van der Waals surface area (Å²) in [5.41, 5.74) is 6.73. The van der Waals surface area contributed by atoms with E-state index in [0.717, 1.165) is 31.2 Å². The summed E-state index contributed by atoms with van der Waals surface area (Å²) < 4.78 is 5.39. The van der Waals surface area contributed by atoms with Gasteiger partial charge in [0, 0.05) is 16.5 Å². The van der Waals surface area contributed by atoms with Gasteiger partial charge in [-0.1, -0.05) is 53.7 Å². The normalized spacial score (nSPS) is 17.9. The minimum atomic E-state index is -0.478. The summed E-state index contributed by atoms with van der Waals surface area (Å²) in [5, 5.41) is 5.24. The fraction of sp³-hybridized carbons (Fsp3) is 0.467. The van der Waals surface area contributed by atoms with Crippen LogP contribution in [0, 0.1) is 0 Å². The molecule has 0 atom stereocenters. The molecule has 2 N–H and O–H groups in total. The number of rotatable bonds is 3. The lowest BCUT2D eigenvalue weighted by Gasteiger charge is -2.29. The molecule has 0 spiro atoms. The summed E-state index contributed by atoms with van der Waals surface area (Å²) in [6, 6.07) is 5.41. The van der Waals surface area contributed by atoms with Crippen molar-refractivity contribution in [1.82, 2.24) is 10.1 Å². The average molecular weight is 326 g/mol. The summed E-state index contributed by atoms with van der Waals surface area (Å²) in [5.74, 6) is 1.09. The first kappa shape index (κ1) is 14.8. The molecule has 21 heavy (non-hydrogen) atoms. The van der Waals surface area contributed by atoms with Crippen molar-refractivity contribution in [2.24, 2.45) is 5.73 Å². The molecule has 0 bridgehead atoms. The molecule has 4 nitrogen and oxygen atoms in total. The molecule has 1 saturated carbocycles. The van der Waals surface area contributed by atoms with Gasteiger partial charge in [0.25, 0.3) is 0 Å². The average Bonchev–Trinajstić information content (AvgIpc) is 2.93. The molecule has 6 heteroatoms. The number of halogens is 2. The van der Waals surface area contributed by atoms with Crippen LogP contribution in [0.25, 0.3) is 0 Å². The van der Waals surface area contributed by atoms with Gasteiger partial charge in [-0.25, -0.2) is 0 Å². The predicted molar refractivity (Wildman–Crippen MR) is 82.5 cm³/mol. The highest BCUT2D eigenvalue weighted by Gasteiger charge is 2.35. The number of benzene rings is 1. The Morgan fingerprint density at radius 3 is 2.48 bits per heavy atom. The van der Waals surface area contributed by atoms with E-state index in [4.69, 9.17) is 33.5 Å². The molecule has 1 aromatic carbocycles. The van der Waals surface area contributed by atoms with E-state index < -0.39 is 5.54 Å². The summed E-state index contributed by atoms with van der Waals surface area (Å²) in [7, 11) is 0. The van der Waals surface area contributed by atoms with Crippen molar-refractivity contribution in [1.29, 1.82) is 0 Å². The maximum absolute atomic E-state index is 6.40. The van der Waals surface area contributed by atoms with Crippen LogP contribution in [0.2, 0.25) is 10.0 Å². The van der Waals surface area contributed by atoms with E-state index in [0.29, 0.717) is 28.2 Å². The molecule has 1 aliphatic carbocycles. The number of nitrogens with two attached hydrogens (primary N) is 1. The highest BCUT2D eigenvalue weighted by Crippen LogP contribution is 2.34. The lowest BCUT2D eigenvalue weighted by atomic mass is 9.82. The van der Waals surface area contributed by atoms with Crippen molar-refractivity contribution >= 4 is 23.2 Å². The molecule has 0 aliphatic heterocycles. The third kappa shape index (κ3) is 3.07. The van der Waals surface area contributed by atoms with Gasteiger partial charge in [0.2, 0.25) is 5.89 Å². The van der Waals surface area contributed by atoms with Crippen LogP contribution in [-0.4, -0.2) is 10.1 Å². The van der Waals surface area contributed by atoms with E-state index >= 15 is 0 Å². The molecule has 0 radical (unpaired) electrons. The summed E-state index contributed by atoms with van der Waals surface area (Å²) in [6.45, 7) is 0. The van der Waals surface area contributed by atoms with Crippen LogP contribution in [0.5, 0.6) is 0 Å². The van der Waals surface area contributed by atoms with Gasteiger partial charge >= 0.3 is 0 Å². The van der Waals surface area contributed by atoms with Crippen molar-refractivity contribution in [2.45, 2.75) is 44.1 Å². The zero-order chi connectivity index (χ0) is 14.9. The van der Waals surface area contributed by atoms with Gasteiger partial charge in [-0.3, -0.25) is 0 Å². The summed E-state index contributed by atoms with van der Waals surface area (Å²) in [6.07, 6.45) is 5.64. The Bertz CT molecular complexity index is 615. The molecule has 0 unspecified atom stereocenters. The molecule has 0 amide bonds. The number of aromatic nitrogens is 2. The molecule has 1 fully saturated rings. The molecular formula is C15H17Cl2N3O. The third-order valence-corrected chi connectivity index (χ3v) is 4.74. The van der Waals surface area contributed by atoms with Gasteiger partial charge in [0.05, 0.1) is 5.54 Å². The van der Waals surface area contributed by atoms with E-state index in [-0.39, 0.29) is 0 Å². The largest absolute Gasteiger partial charge is 0.337 e. The van der Waals surface area contributed by atoms with Crippen molar-refractivity contribution in [3.63, 3.8) is 0 Å². The zero-order valence-corrected chi connectivity index (χ0v) is 13.1. The summed E-state index contributed by atoms with van der Waals surface area (Å²) in [4.78, 5) is 4.46. The van der Waals surface area contributed by atoms with Crippen LogP contribution in [0.3, 0.4) is 0 Å². The Hall–Kier alpha value is -1.10.